The minimum absolute atomic E-state index is 0.296. The Kier molecular flexibility index (Phi) is 3.57. The quantitative estimate of drug-likeness (QED) is 0.672. The molecule has 0 radical (unpaired) electrons. The van der Waals surface area contributed by atoms with Crippen molar-refractivity contribution >= 4 is 5.78 Å². The van der Waals surface area contributed by atoms with Crippen molar-refractivity contribution in [2.75, 3.05) is 6.61 Å². The summed E-state index contributed by atoms with van der Waals surface area (Å²) in [7, 11) is 0. The van der Waals surface area contributed by atoms with Gasteiger partial charge in [0.05, 0.1) is 0 Å². The molecule has 1 rings (SSSR count). The minimum Gasteiger partial charge on any atom is -0.396 e. The van der Waals surface area contributed by atoms with Gasteiger partial charge in [0.2, 0.25) is 0 Å². The van der Waals surface area contributed by atoms with Crippen LogP contribution in [0.25, 0.3) is 0 Å². The van der Waals surface area contributed by atoms with Crippen molar-refractivity contribution in [3.8, 4) is 0 Å². The molecule has 0 aliphatic heterocycles. The second-order valence-electron chi connectivity index (χ2n) is 3.35. The molecule has 0 spiro atoms. The number of carbonyl (C=O) groups excluding carboxylic acids is 1. The number of aliphatic hydroxyl groups excluding tert-OH is 1. The lowest BCUT2D eigenvalue weighted by atomic mass is 9.85. The molecule has 0 aromatic heterocycles. The van der Waals surface area contributed by atoms with Crippen LogP contribution in [0.2, 0.25) is 0 Å². The van der Waals surface area contributed by atoms with Crippen LogP contribution in [0.4, 0.5) is 0 Å². The summed E-state index contributed by atoms with van der Waals surface area (Å²) < 4.78 is 0. The van der Waals surface area contributed by atoms with Gasteiger partial charge in [-0.3, -0.25) is 4.79 Å². The Morgan fingerprint density at radius 1 is 1.36 bits per heavy atom. The van der Waals surface area contributed by atoms with Crippen LogP contribution in [0.5, 0.6) is 0 Å². The predicted molar refractivity (Wildman–Crippen MR) is 43.3 cm³/mol. The van der Waals surface area contributed by atoms with Gasteiger partial charge in [0, 0.05) is 19.4 Å². The monoisotopic (exact) mass is 156 g/mol. The van der Waals surface area contributed by atoms with Gasteiger partial charge in [-0.2, -0.15) is 0 Å². The van der Waals surface area contributed by atoms with Crippen molar-refractivity contribution in [3.05, 3.63) is 0 Å². The Morgan fingerprint density at radius 3 is 2.55 bits per heavy atom. The fraction of sp³-hybridized carbons (Fsp3) is 0.889. The normalized spacial score (nSPS) is 20.6. The van der Waals surface area contributed by atoms with Crippen molar-refractivity contribution in [1.82, 2.24) is 0 Å². The topological polar surface area (TPSA) is 37.3 Å². The maximum atomic E-state index is 10.8. The molecule has 64 valence electrons. The molecule has 0 unspecified atom stereocenters. The zero-order chi connectivity index (χ0) is 8.10. The highest BCUT2D eigenvalue weighted by atomic mass is 16.2. The number of hydrogen-bond acceptors (Lipinski definition) is 2. The average Bonchev–Trinajstić information content (AvgIpc) is 2.04. The third-order valence-corrected chi connectivity index (χ3v) is 2.43. The molecule has 0 amide bonds. The summed E-state index contributed by atoms with van der Waals surface area (Å²) in [6.45, 7) is 0.296. The SMILES string of the molecule is O=C1CCC(CCCO)CC1. The molecular weight excluding hydrogens is 140 g/mol. The summed E-state index contributed by atoms with van der Waals surface area (Å²) in [6, 6.07) is 0. The van der Waals surface area contributed by atoms with Crippen molar-refractivity contribution in [2.24, 2.45) is 5.92 Å². The molecule has 2 heteroatoms. The molecule has 0 bridgehead atoms. The molecule has 1 saturated carbocycles. The first-order valence-electron chi connectivity index (χ1n) is 4.45. The van der Waals surface area contributed by atoms with Crippen LogP contribution in [-0.2, 0) is 4.79 Å². The standard InChI is InChI=1S/C9H16O2/c10-7-1-2-8-3-5-9(11)6-4-8/h8,10H,1-7H2. The van der Waals surface area contributed by atoms with E-state index in [1.54, 1.807) is 0 Å². The summed E-state index contributed by atoms with van der Waals surface area (Å²) in [6.07, 6.45) is 5.66. The summed E-state index contributed by atoms with van der Waals surface area (Å²) in [4.78, 5) is 10.8. The Morgan fingerprint density at radius 2 is 2.00 bits per heavy atom. The molecule has 11 heavy (non-hydrogen) atoms. The summed E-state index contributed by atoms with van der Waals surface area (Å²) >= 11 is 0. The van der Waals surface area contributed by atoms with Crippen LogP contribution in [0.3, 0.4) is 0 Å². The van der Waals surface area contributed by atoms with Crippen molar-refractivity contribution in [3.63, 3.8) is 0 Å². The number of aliphatic hydroxyl groups is 1. The molecule has 0 heterocycles. The van der Waals surface area contributed by atoms with Crippen LogP contribution in [0, 0.1) is 5.92 Å². The lowest BCUT2D eigenvalue weighted by molar-refractivity contribution is -0.121. The maximum absolute atomic E-state index is 10.8. The average molecular weight is 156 g/mol. The number of hydrogen-bond donors (Lipinski definition) is 1. The Bertz CT molecular complexity index is 122. The number of Topliss-reactive ketones (excluding diaryl/α,β-unsaturated/α-hetero) is 1. The summed E-state index contributed by atoms with van der Waals surface area (Å²) in [5.41, 5.74) is 0. The van der Waals surface area contributed by atoms with Crippen LogP contribution >= 0.6 is 0 Å². The van der Waals surface area contributed by atoms with Crippen LogP contribution < -0.4 is 0 Å². The van der Waals surface area contributed by atoms with Gasteiger partial charge in [-0.25, -0.2) is 0 Å². The number of ketones is 1. The van der Waals surface area contributed by atoms with Crippen molar-refractivity contribution in [1.29, 1.82) is 0 Å². The molecule has 0 atom stereocenters. The Balaban J connectivity index is 2.12. The van der Waals surface area contributed by atoms with E-state index in [4.69, 9.17) is 5.11 Å². The van der Waals surface area contributed by atoms with Gasteiger partial charge in [0.15, 0.2) is 0 Å². The first kappa shape index (κ1) is 8.72. The van der Waals surface area contributed by atoms with Gasteiger partial charge in [0.1, 0.15) is 5.78 Å². The van der Waals surface area contributed by atoms with Gasteiger partial charge in [0.25, 0.3) is 0 Å². The van der Waals surface area contributed by atoms with E-state index in [-0.39, 0.29) is 0 Å². The third kappa shape index (κ3) is 3.02. The highest BCUT2D eigenvalue weighted by Crippen LogP contribution is 2.24. The van der Waals surface area contributed by atoms with Crippen LogP contribution in [0.1, 0.15) is 38.5 Å². The van der Waals surface area contributed by atoms with E-state index in [9.17, 15) is 4.79 Å². The van der Waals surface area contributed by atoms with Crippen LogP contribution in [-0.4, -0.2) is 17.5 Å². The molecule has 1 aliphatic carbocycles. The fourth-order valence-corrected chi connectivity index (χ4v) is 1.67. The highest BCUT2D eigenvalue weighted by molar-refractivity contribution is 5.78. The Labute approximate surface area is 67.6 Å². The smallest absolute Gasteiger partial charge is 0.132 e. The molecule has 0 saturated heterocycles. The van der Waals surface area contributed by atoms with Gasteiger partial charge < -0.3 is 5.11 Å². The van der Waals surface area contributed by atoms with Crippen molar-refractivity contribution < 1.29 is 9.90 Å². The first-order chi connectivity index (χ1) is 5.33. The third-order valence-electron chi connectivity index (χ3n) is 2.43. The van der Waals surface area contributed by atoms with E-state index in [1.165, 1.54) is 0 Å². The van der Waals surface area contributed by atoms with E-state index < -0.39 is 0 Å². The van der Waals surface area contributed by atoms with Crippen LogP contribution in [0.15, 0.2) is 0 Å². The summed E-state index contributed by atoms with van der Waals surface area (Å²) in [5.74, 6) is 1.13. The van der Waals surface area contributed by atoms with Gasteiger partial charge in [-0.05, 0) is 31.6 Å². The molecule has 0 aromatic rings. The van der Waals surface area contributed by atoms with Crippen molar-refractivity contribution in [2.45, 2.75) is 38.5 Å². The highest BCUT2D eigenvalue weighted by Gasteiger charge is 2.17. The maximum Gasteiger partial charge on any atom is 0.132 e. The fourth-order valence-electron chi connectivity index (χ4n) is 1.67. The van der Waals surface area contributed by atoms with Gasteiger partial charge >= 0.3 is 0 Å². The summed E-state index contributed by atoms with van der Waals surface area (Å²) in [5, 5.41) is 8.58. The molecule has 2 nitrogen and oxygen atoms in total. The van der Waals surface area contributed by atoms with E-state index in [1.807, 2.05) is 0 Å². The molecule has 1 aliphatic rings. The van der Waals surface area contributed by atoms with Gasteiger partial charge in [-0.1, -0.05) is 0 Å². The molecular formula is C9H16O2. The minimum atomic E-state index is 0.296. The lowest BCUT2D eigenvalue weighted by Crippen LogP contribution is -2.13. The van der Waals surface area contributed by atoms with E-state index >= 15 is 0 Å². The van der Waals surface area contributed by atoms with E-state index in [0.717, 1.165) is 38.5 Å². The van der Waals surface area contributed by atoms with Gasteiger partial charge in [-0.15, -0.1) is 0 Å². The largest absolute Gasteiger partial charge is 0.396 e. The first-order valence-corrected chi connectivity index (χ1v) is 4.45. The molecule has 0 aromatic carbocycles. The zero-order valence-electron chi connectivity index (χ0n) is 6.88. The molecule has 1 fully saturated rings. The lowest BCUT2D eigenvalue weighted by Gasteiger charge is -2.19. The molecule has 1 N–H and O–H groups in total. The zero-order valence-corrected chi connectivity index (χ0v) is 6.88. The number of carbonyl (C=O) groups is 1. The Hall–Kier alpha value is -0.370. The second-order valence-corrected chi connectivity index (χ2v) is 3.35. The number of rotatable bonds is 3. The predicted octanol–water partition coefficient (Wildman–Crippen LogP) is 1.52. The van der Waals surface area contributed by atoms with E-state index in [2.05, 4.69) is 0 Å². The van der Waals surface area contributed by atoms with E-state index in [0.29, 0.717) is 18.3 Å². The second kappa shape index (κ2) is 4.50.